The van der Waals surface area contributed by atoms with Crippen LogP contribution in [0, 0.1) is 12.7 Å². The van der Waals surface area contributed by atoms with Gasteiger partial charge in [0.15, 0.2) is 0 Å². The molecule has 1 aromatic heterocycles. The highest BCUT2D eigenvalue weighted by atomic mass is 19.4. The fourth-order valence-corrected chi connectivity index (χ4v) is 4.10. The molecule has 0 saturated heterocycles. The van der Waals surface area contributed by atoms with Gasteiger partial charge in [-0.05, 0) is 35.7 Å². The van der Waals surface area contributed by atoms with Crippen LogP contribution in [0.4, 0.5) is 17.6 Å². The zero-order valence-electron chi connectivity index (χ0n) is 18.9. The molecule has 3 aromatic carbocycles. The SMILES string of the molecule is Cc1c(Cc2ccccc2C(F)(F)F)nn(CC(N)c2ccccc2)c(=O)c1-c1ccccc1F. The average Bonchev–Trinajstić information content (AvgIpc) is 2.83. The number of aromatic nitrogens is 2. The number of hydrogen-bond donors (Lipinski definition) is 1. The molecule has 1 unspecified atom stereocenters. The summed E-state index contributed by atoms with van der Waals surface area (Å²) in [5.74, 6) is -0.612. The quantitative estimate of drug-likeness (QED) is 0.361. The van der Waals surface area contributed by atoms with Gasteiger partial charge in [0.1, 0.15) is 5.82 Å². The number of hydrogen-bond acceptors (Lipinski definition) is 3. The van der Waals surface area contributed by atoms with Gasteiger partial charge >= 0.3 is 6.18 Å². The molecule has 2 N–H and O–H groups in total. The van der Waals surface area contributed by atoms with Gasteiger partial charge in [-0.1, -0.05) is 66.7 Å². The smallest absolute Gasteiger partial charge is 0.322 e. The van der Waals surface area contributed by atoms with E-state index in [-0.39, 0.29) is 35.3 Å². The minimum atomic E-state index is -4.55. The Balaban J connectivity index is 1.87. The fourth-order valence-electron chi connectivity index (χ4n) is 4.10. The molecule has 0 fully saturated rings. The minimum Gasteiger partial charge on any atom is -0.322 e. The third-order valence-corrected chi connectivity index (χ3v) is 5.92. The highest BCUT2D eigenvalue weighted by Crippen LogP contribution is 2.33. The lowest BCUT2D eigenvalue weighted by Crippen LogP contribution is -2.32. The van der Waals surface area contributed by atoms with Crippen molar-refractivity contribution in [3.8, 4) is 11.1 Å². The van der Waals surface area contributed by atoms with Crippen LogP contribution >= 0.6 is 0 Å². The van der Waals surface area contributed by atoms with Crippen LogP contribution in [0.15, 0.2) is 83.7 Å². The Morgan fingerprint density at radius 1 is 0.943 bits per heavy atom. The largest absolute Gasteiger partial charge is 0.416 e. The Bertz CT molecular complexity index is 1400. The van der Waals surface area contributed by atoms with Crippen LogP contribution in [0.1, 0.15) is 34.0 Å². The predicted octanol–water partition coefficient (Wildman–Crippen LogP) is 5.67. The van der Waals surface area contributed by atoms with Crippen molar-refractivity contribution < 1.29 is 17.6 Å². The molecule has 0 aliphatic carbocycles. The summed E-state index contributed by atoms with van der Waals surface area (Å²) in [4.78, 5) is 13.4. The van der Waals surface area contributed by atoms with E-state index in [1.165, 1.54) is 36.4 Å². The molecule has 0 saturated carbocycles. The monoisotopic (exact) mass is 481 g/mol. The lowest BCUT2D eigenvalue weighted by molar-refractivity contribution is -0.138. The van der Waals surface area contributed by atoms with Crippen molar-refractivity contribution in [2.75, 3.05) is 0 Å². The first-order valence-electron chi connectivity index (χ1n) is 11.0. The summed E-state index contributed by atoms with van der Waals surface area (Å²) < 4.78 is 56.7. The number of nitrogens with zero attached hydrogens (tertiary/aromatic N) is 2. The predicted molar refractivity (Wildman–Crippen MR) is 126 cm³/mol. The van der Waals surface area contributed by atoms with Crippen LogP contribution in [0.3, 0.4) is 0 Å². The van der Waals surface area contributed by atoms with Crippen LogP contribution < -0.4 is 11.3 Å². The van der Waals surface area contributed by atoms with Gasteiger partial charge in [-0.3, -0.25) is 4.79 Å². The molecule has 180 valence electrons. The summed E-state index contributed by atoms with van der Waals surface area (Å²) in [5, 5.41) is 4.41. The Morgan fingerprint density at radius 3 is 2.26 bits per heavy atom. The maximum Gasteiger partial charge on any atom is 0.416 e. The topological polar surface area (TPSA) is 60.9 Å². The van der Waals surface area contributed by atoms with Crippen molar-refractivity contribution in [2.24, 2.45) is 5.73 Å². The van der Waals surface area contributed by atoms with Gasteiger partial charge in [0, 0.05) is 18.0 Å². The molecule has 0 bridgehead atoms. The van der Waals surface area contributed by atoms with E-state index in [0.717, 1.165) is 16.3 Å². The van der Waals surface area contributed by atoms with E-state index >= 15 is 0 Å². The molecule has 8 heteroatoms. The minimum absolute atomic E-state index is 0.00707. The third-order valence-electron chi connectivity index (χ3n) is 5.92. The molecule has 4 rings (SSSR count). The van der Waals surface area contributed by atoms with Crippen molar-refractivity contribution >= 4 is 0 Å². The molecule has 35 heavy (non-hydrogen) atoms. The fraction of sp³-hybridized carbons (Fsp3) is 0.185. The summed E-state index contributed by atoms with van der Waals surface area (Å²) in [6.07, 6.45) is -4.74. The second-order valence-corrected chi connectivity index (χ2v) is 8.26. The van der Waals surface area contributed by atoms with E-state index in [9.17, 15) is 22.4 Å². The number of halogens is 4. The summed E-state index contributed by atoms with van der Waals surface area (Å²) in [6.45, 7) is 1.54. The van der Waals surface area contributed by atoms with Crippen molar-refractivity contribution in [1.82, 2.24) is 9.78 Å². The molecule has 1 atom stereocenters. The third kappa shape index (κ3) is 5.17. The molecule has 1 heterocycles. The van der Waals surface area contributed by atoms with E-state index in [1.807, 2.05) is 30.3 Å². The molecule has 0 aliphatic heterocycles. The van der Waals surface area contributed by atoms with E-state index in [4.69, 9.17) is 5.73 Å². The summed E-state index contributed by atoms with van der Waals surface area (Å²) in [5.41, 5.74) is 6.41. The number of alkyl halides is 3. The van der Waals surface area contributed by atoms with E-state index in [2.05, 4.69) is 5.10 Å². The van der Waals surface area contributed by atoms with E-state index < -0.39 is 29.2 Å². The Hall–Kier alpha value is -3.78. The van der Waals surface area contributed by atoms with Crippen molar-refractivity contribution in [1.29, 1.82) is 0 Å². The molecule has 0 aliphatic rings. The highest BCUT2D eigenvalue weighted by Gasteiger charge is 2.33. The lowest BCUT2D eigenvalue weighted by atomic mass is 9.96. The van der Waals surface area contributed by atoms with E-state index in [1.54, 1.807) is 13.0 Å². The molecular weight excluding hydrogens is 458 g/mol. The number of rotatable bonds is 6. The zero-order chi connectivity index (χ0) is 25.2. The second kappa shape index (κ2) is 9.84. The number of benzene rings is 3. The summed E-state index contributed by atoms with van der Waals surface area (Å²) in [7, 11) is 0. The first kappa shape index (κ1) is 24.3. The Morgan fingerprint density at radius 2 is 1.57 bits per heavy atom. The number of nitrogens with two attached hydrogens (primary N) is 1. The van der Waals surface area contributed by atoms with Crippen LogP contribution in [0.5, 0.6) is 0 Å². The molecule has 0 amide bonds. The molecule has 0 spiro atoms. The van der Waals surface area contributed by atoms with Gasteiger partial charge in [0.2, 0.25) is 0 Å². The Labute approximate surface area is 199 Å². The summed E-state index contributed by atoms with van der Waals surface area (Å²) >= 11 is 0. The van der Waals surface area contributed by atoms with Gasteiger partial charge in [0.25, 0.3) is 5.56 Å². The highest BCUT2D eigenvalue weighted by molar-refractivity contribution is 5.67. The molecule has 4 aromatic rings. The average molecular weight is 481 g/mol. The van der Waals surface area contributed by atoms with Gasteiger partial charge in [-0.2, -0.15) is 18.3 Å². The van der Waals surface area contributed by atoms with Gasteiger partial charge in [-0.25, -0.2) is 9.07 Å². The first-order valence-corrected chi connectivity index (χ1v) is 11.0. The Kier molecular flexibility index (Phi) is 6.84. The van der Waals surface area contributed by atoms with Gasteiger partial charge in [-0.15, -0.1) is 0 Å². The van der Waals surface area contributed by atoms with E-state index in [0.29, 0.717) is 5.56 Å². The maximum atomic E-state index is 14.7. The molecular formula is C27H23F4N3O. The summed E-state index contributed by atoms with van der Waals surface area (Å²) in [6, 6.07) is 19.5. The molecule has 0 radical (unpaired) electrons. The van der Waals surface area contributed by atoms with Crippen LogP contribution in [0.25, 0.3) is 11.1 Å². The van der Waals surface area contributed by atoms with Crippen molar-refractivity contribution in [2.45, 2.75) is 32.1 Å². The van der Waals surface area contributed by atoms with Crippen LogP contribution in [-0.4, -0.2) is 9.78 Å². The lowest BCUT2D eigenvalue weighted by Gasteiger charge is -2.19. The van der Waals surface area contributed by atoms with Crippen molar-refractivity contribution in [3.05, 3.63) is 123 Å². The maximum absolute atomic E-state index is 14.7. The van der Waals surface area contributed by atoms with Crippen molar-refractivity contribution in [3.63, 3.8) is 0 Å². The second-order valence-electron chi connectivity index (χ2n) is 8.26. The van der Waals surface area contributed by atoms with Gasteiger partial charge in [0.05, 0.1) is 23.4 Å². The van der Waals surface area contributed by atoms with Crippen LogP contribution in [-0.2, 0) is 19.1 Å². The standard InChI is InChI=1S/C27H23F4N3O/c1-17-24(15-19-11-5-7-13-21(19)27(29,30)31)33-34(16-23(32)18-9-3-2-4-10-18)26(35)25(17)20-12-6-8-14-22(20)28/h2-14,23H,15-16,32H2,1H3. The normalized spacial score (nSPS) is 12.5. The van der Waals surface area contributed by atoms with Gasteiger partial charge < -0.3 is 5.73 Å². The zero-order valence-corrected chi connectivity index (χ0v) is 18.9. The van der Waals surface area contributed by atoms with Crippen LogP contribution in [0.2, 0.25) is 0 Å². The molecule has 4 nitrogen and oxygen atoms in total. The first-order chi connectivity index (χ1) is 16.7.